The van der Waals surface area contributed by atoms with Crippen molar-refractivity contribution >= 4 is 15.9 Å². The van der Waals surface area contributed by atoms with Gasteiger partial charge in [0.05, 0.1) is 0 Å². The lowest BCUT2D eigenvalue weighted by Gasteiger charge is -1.98. The van der Waals surface area contributed by atoms with E-state index in [4.69, 9.17) is 10.2 Å². The molecule has 1 aromatic rings. The minimum absolute atomic E-state index is 0.312. The number of halogens is 1. The van der Waals surface area contributed by atoms with Gasteiger partial charge in [-0.25, -0.2) is 0 Å². The molecule has 2 nitrogen and oxygen atoms in total. The third kappa shape index (κ3) is 1.34. The molecule has 1 fully saturated rings. The van der Waals surface area contributed by atoms with Gasteiger partial charge in [0.1, 0.15) is 5.76 Å². The maximum atomic E-state index is 5.69. The minimum Gasteiger partial charge on any atom is -0.454 e. The zero-order valence-electron chi connectivity index (χ0n) is 7.88. The van der Waals surface area contributed by atoms with Crippen LogP contribution in [0.15, 0.2) is 21.2 Å². The van der Waals surface area contributed by atoms with E-state index in [1.54, 1.807) is 0 Å². The lowest BCUT2D eigenvalue weighted by Crippen LogP contribution is -2.05. The molecule has 0 amide bonds. The van der Waals surface area contributed by atoms with E-state index < -0.39 is 0 Å². The van der Waals surface area contributed by atoms with Crippen LogP contribution in [0.25, 0.3) is 0 Å². The van der Waals surface area contributed by atoms with E-state index in [1.165, 1.54) is 0 Å². The van der Waals surface area contributed by atoms with Crippen molar-refractivity contribution in [3.63, 3.8) is 0 Å². The molecule has 1 heterocycles. The highest BCUT2D eigenvalue weighted by Gasteiger charge is 2.58. The third-order valence-corrected chi connectivity index (χ3v) is 3.63. The van der Waals surface area contributed by atoms with Gasteiger partial charge in [0, 0.05) is 5.92 Å². The summed E-state index contributed by atoms with van der Waals surface area (Å²) in [6.07, 6.45) is 0. The van der Waals surface area contributed by atoms with Crippen molar-refractivity contribution < 1.29 is 4.42 Å². The summed E-state index contributed by atoms with van der Waals surface area (Å²) < 4.78 is 6.34. The molecule has 2 rings (SSSR count). The minimum atomic E-state index is 0.312. The van der Waals surface area contributed by atoms with Gasteiger partial charge in [-0.3, -0.25) is 0 Å². The van der Waals surface area contributed by atoms with Crippen LogP contribution < -0.4 is 5.73 Å². The molecule has 2 unspecified atom stereocenters. The van der Waals surface area contributed by atoms with Crippen molar-refractivity contribution in [2.45, 2.75) is 19.8 Å². The third-order valence-electron chi connectivity index (χ3n) is 3.20. The Morgan fingerprint density at radius 3 is 2.62 bits per heavy atom. The molecule has 0 saturated heterocycles. The lowest BCUT2D eigenvalue weighted by molar-refractivity contribution is 0.465. The Hall–Kier alpha value is -0.280. The Balaban J connectivity index is 2.21. The molecule has 1 aliphatic carbocycles. The normalized spacial score (nSPS) is 30.5. The smallest absolute Gasteiger partial charge is 0.169 e. The van der Waals surface area contributed by atoms with Crippen LogP contribution in [0.4, 0.5) is 0 Å². The first-order valence-corrected chi connectivity index (χ1v) is 5.32. The topological polar surface area (TPSA) is 39.2 Å². The monoisotopic (exact) mass is 243 g/mol. The van der Waals surface area contributed by atoms with Crippen molar-refractivity contribution in [3.05, 3.63) is 22.6 Å². The van der Waals surface area contributed by atoms with E-state index in [0.29, 0.717) is 17.3 Å². The molecule has 0 aliphatic heterocycles. The molecular weight excluding hydrogens is 230 g/mol. The van der Waals surface area contributed by atoms with Gasteiger partial charge in [-0.1, -0.05) is 13.8 Å². The summed E-state index contributed by atoms with van der Waals surface area (Å²) in [5.41, 5.74) is 6.00. The van der Waals surface area contributed by atoms with E-state index in [2.05, 4.69) is 29.8 Å². The average molecular weight is 244 g/mol. The summed E-state index contributed by atoms with van der Waals surface area (Å²) >= 11 is 3.31. The maximum absolute atomic E-state index is 5.69. The SMILES string of the molecule is CC1(C)C(CN)C1c1ccc(Br)o1. The van der Waals surface area contributed by atoms with Crippen LogP contribution in [-0.4, -0.2) is 6.54 Å². The van der Waals surface area contributed by atoms with Crippen molar-refractivity contribution in [1.82, 2.24) is 0 Å². The lowest BCUT2D eigenvalue weighted by atomic mass is 10.1. The van der Waals surface area contributed by atoms with Crippen LogP contribution in [0.3, 0.4) is 0 Å². The van der Waals surface area contributed by atoms with Gasteiger partial charge < -0.3 is 10.2 Å². The average Bonchev–Trinajstić information content (AvgIpc) is 2.41. The Bertz CT molecular complexity index is 318. The van der Waals surface area contributed by atoms with E-state index in [9.17, 15) is 0 Å². The number of furan rings is 1. The van der Waals surface area contributed by atoms with Gasteiger partial charge in [-0.05, 0) is 45.9 Å². The largest absolute Gasteiger partial charge is 0.454 e. The standard InChI is InChI=1S/C10H14BrNO/c1-10(2)6(5-12)9(10)7-3-4-8(11)13-7/h3-4,6,9H,5,12H2,1-2H3. The summed E-state index contributed by atoms with van der Waals surface area (Å²) in [5, 5.41) is 0. The fourth-order valence-corrected chi connectivity index (χ4v) is 2.56. The van der Waals surface area contributed by atoms with Gasteiger partial charge >= 0.3 is 0 Å². The first kappa shape index (κ1) is 9.28. The number of hydrogen-bond acceptors (Lipinski definition) is 2. The molecule has 0 aromatic carbocycles. The molecule has 0 bridgehead atoms. The van der Waals surface area contributed by atoms with Crippen LogP contribution >= 0.6 is 15.9 Å². The van der Waals surface area contributed by atoms with Crippen LogP contribution in [0.1, 0.15) is 25.5 Å². The molecule has 3 heteroatoms. The molecule has 13 heavy (non-hydrogen) atoms. The van der Waals surface area contributed by atoms with Crippen LogP contribution in [0, 0.1) is 11.3 Å². The van der Waals surface area contributed by atoms with Crippen LogP contribution in [-0.2, 0) is 0 Å². The van der Waals surface area contributed by atoms with E-state index in [-0.39, 0.29) is 0 Å². The summed E-state index contributed by atoms with van der Waals surface area (Å²) in [6.45, 7) is 5.23. The quantitative estimate of drug-likeness (QED) is 0.868. The van der Waals surface area contributed by atoms with Gasteiger partial charge in [0.25, 0.3) is 0 Å². The molecule has 1 aliphatic rings. The second-order valence-corrected chi connectivity index (χ2v) is 5.06. The van der Waals surface area contributed by atoms with Gasteiger partial charge in [0.2, 0.25) is 0 Å². The van der Waals surface area contributed by atoms with E-state index >= 15 is 0 Å². The second-order valence-electron chi connectivity index (χ2n) is 4.28. The molecular formula is C10H14BrNO. The van der Waals surface area contributed by atoms with Crippen molar-refractivity contribution in [2.75, 3.05) is 6.54 Å². The number of rotatable bonds is 2. The van der Waals surface area contributed by atoms with Crippen LogP contribution in [0.5, 0.6) is 0 Å². The van der Waals surface area contributed by atoms with E-state index in [1.807, 2.05) is 12.1 Å². The van der Waals surface area contributed by atoms with Crippen molar-refractivity contribution in [2.24, 2.45) is 17.1 Å². The summed E-state index contributed by atoms with van der Waals surface area (Å²) in [6, 6.07) is 3.98. The Kier molecular flexibility index (Phi) is 2.04. The number of hydrogen-bond donors (Lipinski definition) is 1. The zero-order valence-corrected chi connectivity index (χ0v) is 9.47. The highest BCUT2D eigenvalue weighted by Crippen LogP contribution is 2.64. The summed E-state index contributed by atoms with van der Waals surface area (Å²) in [7, 11) is 0. The van der Waals surface area contributed by atoms with Crippen LogP contribution in [0.2, 0.25) is 0 Å². The summed E-state index contributed by atoms with van der Waals surface area (Å²) in [4.78, 5) is 0. The highest BCUT2D eigenvalue weighted by atomic mass is 79.9. The summed E-state index contributed by atoms with van der Waals surface area (Å²) in [5.74, 6) is 2.14. The van der Waals surface area contributed by atoms with E-state index in [0.717, 1.165) is 17.0 Å². The molecule has 2 atom stereocenters. The van der Waals surface area contributed by atoms with Gasteiger partial charge in [-0.2, -0.15) is 0 Å². The Morgan fingerprint density at radius 2 is 2.23 bits per heavy atom. The fraction of sp³-hybridized carbons (Fsp3) is 0.600. The van der Waals surface area contributed by atoms with Gasteiger partial charge in [0.15, 0.2) is 4.67 Å². The van der Waals surface area contributed by atoms with Crippen molar-refractivity contribution in [3.8, 4) is 0 Å². The first-order valence-electron chi connectivity index (χ1n) is 4.52. The zero-order chi connectivity index (χ0) is 9.64. The van der Waals surface area contributed by atoms with Gasteiger partial charge in [-0.15, -0.1) is 0 Å². The van der Waals surface area contributed by atoms with Crippen molar-refractivity contribution in [1.29, 1.82) is 0 Å². The highest BCUT2D eigenvalue weighted by molar-refractivity contribution is 9.10. The molecule has 1 saturated carbocycles. The maximum Gasteiger partial charge on any atom is 0.169 e. The Labute approximate surface area is 86.6 Å². The predicted molar refractivity (Wildman–Crippen MR) is 55.5 cm³/mol. The second kappa shape index (κ2) is 2.85. The first-order chi connectivity index (χ1) is 6.07. The molecule has 72 valence electrons. The Morgan fingerprint density at radius 1 is 1.54 bits per heavy atom. The molecule has 0 spiro atoms. The molecule has 1 aromatic heterocycles. The predicted octanol–water partition coefficient (Wildman–Crippen LogP) is 2.74. The fourth-order valence-electron chi connectivity index (χ4n) is 2.24. The number of nitrogens with two attached hydrogens (primary N) is 1. The molecule has 0 radical (unpaired) electrons. The molecule has 2 N–H and O–H groups in total.